The van der Waals surface area contributed by atoms with E-state index in [9.17, 15) is 4.39 Å². The molecular weight excluding hydrogens is 158 g/mol. The van der Waals surface area contributed by atoms with Crippen molar-refractivity contribution in [2.75, 3.05) is 0 Å². The number of hydrogen-bond acceptors (Lipinski definition) is 2. The van der Waals surface area contributed by atoms with Crippen LogP contribution in [0, 0.1) is 11.3 Å². The van der Waals surface area contributed by atoms with E-state index in [0.717, 1.165) is 12.8 Å². The molecule has 0 heterocycles. The molecule has 2 fully saturated rings. The first-order chi connectivity index (χ1) is 5.60. The third-order valence-electron chi connectivity index (χ3n) is 3.30. The van der Waals surface area contributed by atoms with E-state index in [1.165, 1.54) is 0 Å². The summed E-state index contributed by atoms with van der Waals surface area (Å²) in [7, 11) is -1.17. The van der Waals surface area contributed by atoms with Crippen LogP contribution in [0.3, 0.4) is 0 Å². The summed E-state index contributed by atoms with van der Waals surface area (Å²) < 4.78 is 12.5. The van der Waals surface area contributed by atoms with Crippen LogP contribution in [0.2, 0.25) is 6.32 Å². The van der Waals surface area contributed by atoms with Crippen molar-refractivity contribution in [3.63, 3.8) is 0 Å². The Labute approximate surface area is 71.9 Å². The Balaban J connectivity index is 1.70. The molecule has 2 nitrogen and oxygen atoms in total. The Kier molecular flexibility index (Phi) is 1.92. The average molecular weight is 172 g/mol. The summed E-state index contributed by atoms with van der Waals surface area (Å²) in [5.74, 6) is 0.428. The van der Waals surface area contributed by atoms with Gasteiger partial charge in [-0.3, -0.25) is 0 Å². The molecule has 2 N–H and O–H groups in total. The summed E-state index contributed by atoms with van der Waals surface area (Å²) in [5, 5.41) is 17.4. The molecule has 0 bridgehead atoms. The molecule has 0 radical (unpaired) electrons. The van der Waals surface area contributed by atoms with Crippen molar-refractivity contribution in [1.82, 2.24) is 0 Å². The van der Waals surface area contributed by atoms with Crippen LogP contribution in [0.25, 0.3) is 0 Å². The van der Waals surface area contributed by atoms with Crippen LogP contribution in [0.15, 0.2) is 0 Å². The highest BCUT2D eigenvalue weighted by atomic mass is 19.1. The second kappa shape index (κ2) is 2.71. The van der Waals surface area contributed by atoms with Gasteiger partial charge in [0, 0.05) is 0 Å². The molecule has 0 aromatic rings. The standard InChI is InChI=1S/C8H14BFO2/c10-7-3-8(4-7)1-6(2-8)5-9(11)12/h6-7,11-12H,1-5H2. The van der Waals surface area contributed by atoms with Crippen LogP contribution in [-0.2, 0) is 0 Å². The van der Waals surface area contributed by atoms with Crippen LogP contribution >= 0.6 is 0 Å². The monoisotopic (exact) mass is 172 g/mol. The molecule has 1 spiro atoms. The number of halogens is 1. The minimum Gasteiger partial charge on any atom is -0.427 e. The number of rotatable bonds is 2. The molecule has 2 aliphatic rings. The summed E-state index contributed by atoms with van der Waals surface area (Å²) in [6.07, 6.45) is 3.33. The van der Waals surface area contributed by atoms with Gasteiger partial charge in [-0.2, -0.15) is 0 Å². The molecule has 0 amide bonds. The molecule has 12 heavy (non-hydrogen) atoms. The normalized spacial score (nSPS) is 45.2. The summed E-state index contributed by atoms with van der Waals surface area (Å²) in [6, 6.07) is 0. The molecule has 0 unspecified atom stereocenters. The molecule has 2 saturated carbocycles. The molecule has 0 aromatic carbocycles. The van der Waals surface area contributed by atoms with Gasteiger partial charge in [0.2, 0.25) is 0 Å². The lowest BCUT2D eigenvalue weighted by Gasteiger charge is -2.55. The minimum absolute atomic E-state index is 0.277. The van der Waals surface area contributed by atoms with E-state index in [4.69, 9.17) is 10.0 Å². The van der Waals surface area contributed by atoms with E-state index in [2.05, 4.69) is 0 Å². The van der Waals surface area contributed by atoms with E-state index in [0.29, 0.717) is 25.1 Å². The zero-order chi connectivity index (χ0) is 8.77. The van der Waals surface area contributed by atoms with Crippen LogP contribution in [0.5, 0.6) is 0 Å². The second-order valence-electron chi connectivity index (χ2n) is 4.50. The van der Waals surface area contributed by atoms with Gasteiger partial charge < -0.3 is 10.0 Å². The quantitative estimate of drug-likeness (QED) is 0.609. The zero-order valence-corrected chi connectivity index (χ0v) is 7.04. The lowest BCUT2D eigenvalue weighted by Crippen LogP contribution is -2.49. The third-order valence-corrected chi connectivity index (χ3v) is 3.30. The summed E-state index contributed by atoms with van der Waals surface area (Å²) in [5.41, 5.74) is 0.277. The molecule has 4 heteroatoms. The molecule has 0 aromatic heterocycles. The fourth-order valence-corrected chi connectivity index (χ4v) is 2.84. The van der Waals surface area contributed by atoms with Gasteiger partial charge in [0.05, 0.1) is 0 Å². The van der Waals surface area contributed by atoms with Crippen LogP contribution in [-0.4, -0.2) is 23.3 Å². The van der Waals surface area contributed by atoms with E-state index in [-0.39, 0.29) is 5.41 Å². The smallest absolute Gasteiger partial charge is 0.427 e. The average Bonchev–Trinajstić information content (AvgIpc) is 1.78. The van der Waals surface area contributed by atoms with E-state index in [1.807, 2.05) is 0 Å². The van der Waals surface area contributed by atoms with Gasteiger partial charge >= 0.3 is 7.12 Å². The first-order valence-electron chi connectivity index (χ1n) is 4.60. The van der Waals surface area contributed by atoms with Crippen molar-refractivity contribution in [2.24, 2.45) is 11.3 Å². The predicted molar refractivity (Wildman–Crippen MR) is 44.3 cm³/mol. The topological polar surface area (TPSA) is 40.5 Å². The fraction of sp³-hybridized carbons (Fsp3) is 1.00. The molecule has 0 aliphatic heterocycles. The highest BCUT2D eigenvalue weighted by Crippen LogP contribution is 2.60. The molecule has 0 atom stereocenters. The Morgan fingerprint density at radius 1 is 1.25 bits per heavy atom. The Morgan fingerprint density at radius 3 is 2.25 bits per heavy atom. The first-order valence-corrected chi connectivity index (χ1v) is 4.60. The second-order valence-corrected chi connectivity index (χ2v) is 4.50. The van der Waals surface area contributed by atoms with Gasteiger partial charge in [0.15, 0.2) is 0 Å². The molecule has 2 rings (SSSR count). The fourth-order valence-electron chi connectivity index (χ4n) is 2.84. The summed E-state index contributed by atoms with van der Waals surface area (Å²) in [4.78, 5) is 0. The van der Waals surface area contributed by atoms with Crippen molar-refractivity contribution in [2.45, 2.75) is 38.2 Å². The zero-order valence-electron chi connectivity index (χ0n) is 7.04. The lowest BCUT2D eigenvalue weighted by molar-refractivity contribution is -0.0742. The van der Waals surface area contributed by atoms with Gasteiger partial charge in [-0.15, -0.1) is 0 Å². The largest absolute Gasteiger partial charge is 0.451 e. The van der Waals surface area contributed by atoms with Gasteiger partial charge in [-0.05, 0) is 43.3 Å². The molecular formula is C8H14BFO2. The first kappa shape index (κ1) is 8.51. The van der Waals surface area contributed by atoms with Crippen LogP contribution in [0.4, 0.5) is 4.39 Å². The van der Waals surface area contributed by atoms with Gasteiger partial charge in [-0.25, -0.2) is 4.39 Å². The maximum Gasteiger partial charge on any atom is 0.451 e. The maximum atomic E-state index is 12.5. The minimum atomic E-state index is -1.17. The summed E-state index contributed by atoms with van der Waals surface area (Å²) in [6.45, 7) is 0. The lowest BCUT2D eigenvalue weighted by atomic mass is 9.48. The van der Waals surface area contributed by atoms with Gasteiger partial charge in [0.25, 0.3) is 0 Å². The Morgan fingerprint density at radius 2 is 1.83 bits per heavy atom. The highest BCUT2D eigenvalue weighted by Gasteiger charge is 2.53. The predicted octanol–water partition coefficient (Wildman–Crippen LogP) is 0.988. The van der Waals surface area contributed by atoms with Crippen molar-refractivity contribution in [3.05, 3.63) is 0 Å². The van der Waals surface area contributed by atoms with Crippen molar-refractivity contribution in [1.29, 1.82) is 0 Å². The van der Waals surface area contributed by atoms with E-state index < -0.39 is 13.3 Å². The SMILES string of the molecule is OB(O)CC1CC2(CC(F)C2)C1. The summed E-state index contributed by atoms with van der Waals surface area (Å²) >= 11 is 0. The van der Waals surface area contributed by atoms with Crippen molar-refractivity contribution >= 4 is 7.12 Å². The van der Waals surface area contributed by atoms with E-state index >= 15 is 0 Å². The molecule has 2 aliphatic carbocycles. The maximum absolute atomic E-state index is 12.5. The number of hydrogen-bond donors (Lipinski definition) is 2. The van der Waals surface area contributed by atoms with Gasteiger partial charge in [-0.1, -0.05) is 0 Å². The molecule has 0 saturated heterocycles. The third kappa shape index (κ3) is 1.38. The highest BCUT2D eigenvalue weighted by molar-refractivity contribution is 6.41. The van der Waals surface area contributed by atoms with E-state index in [1.54, 1.807) is 0 Å². The van der Waals surface area contributed by atoms with Gasteiger partial charge in [0.1, 0.15) is 6.17 Å². The van der Waals surface area contributed by atoms with Crippen LogP contribution in [0.1, 0.15) is 25.7 Å². The number of alkyl halides is 1. The Bertz CT molecular complexity index is 172. The Hall–Kier alpha value is -0.0851. The molecule has 68 valence electrons. The van der Waals surface area contributed by atoms with Crippen LogP contribution < -0.4 is 0 Å². The van der Waals surface area contributed by atoms with Crippen molar-refractivity contribution < 1.29 is 14.4 Å². The van der Waals surface area contributed by atoms with Crippen molar-refractivity contribution in [3.8, 4) is 0 Å².